The number of nitrogens with one attached hydrogen (secondary N) is 2. The Morgan fingerprint density at radius 2 is 2.00 bits per heavy atom. The molecule has 31 heavy (non-hydrogen) atoms. The van der Waals surface area contributed by atoms with Crippen molar-refractivity contribution in [3.05, 3.63) is 66.1 Å². The molecule has 0 aliphatic heterocycles. The maximum atomic E-state index is 13.3. The Kier molecular flexibility index (Phi) is 5.19. The first-order valence-corrected chi connectivity index (χ1v) is 10.5. The number of amides is 1. The summed E-state index contributed by atoms with van der Waals surface area (Å²) in [7, 11) is 0. The topological polar surface area (TPSA) is 96.7 Å². The monoisotopic (exact) mass is 419 g/mol. The van der Waals surface area contributed by atoms with Gasteiger partial charge in [-0.25, -0.2) is 4.39 Å². The number of benzene rings is 1. The lowest BCUT2D eigenvalue weighted by molar-refractivity contribution is 0.0938. The number of halogens is 1. The normalized spacial score (nSPS) is 18.9. The Balaban J connectivity index is 1.14. The van der Waals surface area contributed by atoms with Crippen LogP contribution in [-0.2, 0) is 0 Å². The van der Waals surface area contributed by atoms with E-state index in [1.165, 1.54) is 12.1 Å². The zero-order chi connectivity index (χ0) is 21.2. The molecule has 1 fully saturated rings. The van der Waals surface area contributed by atoms with E-state index in [2.05, 4.69) is 25.5 Å². The molecule has 2 N–H and O–H groups in total. The first-order chi connectivity index (χ1) is 15.2. The highest BCUT2D eigenvalue weighted by Gasteiger charge is 2.27. The number of carbonyl (C=O) groups is 1. The fraction of sp³-hybridized carbons (Fsp3) is 0.304. The van der Waals surface area contributed by atoms with E-state index in [1.54, 1.807) is 18.3 Å². The molecule has 4 aromatic rings. The van der Waals surface area contributed by atoms with Crippen molar-refractivity contribution in [3.63, 3.8) is 0 Å². The second-order valence-corrected chi connectivity index (χ2v) is 8.00. The standard InChI is InChI=1S/C23H22FN5O2/c24-17-8-9-18-16(11-17)12-20(27-18)21(30)26-13-14-4-6-15(7-5-14)22-28-29-23(31-22)19-3-1-2-10-25-19/h1-3,8-12,14-15,27H,4-7,13H2,(H,26,30). The number of fused-ring (bicyclic) bond motifs is 1. The van der Waals surface area contributed by atoms with Crippen molar-refractivity contribution in [3.8, 4) is 11.6 Å². The highest BCUT2D eigenvalue weighted by Crippen LogP contribution is 2.35. The number of hydrogen-bond acceptors (Lipinski definition) is 5. The molecule has 1 aliphatic rings. The summed E-state index contributed by atoms with van der Waals surface area (Å²) in [4.78, 5) is 19.8. The van der Waals surface area contributed by atoms with Crippen LogP contribution in [0.15, 0.2) is 53.1 Å². The van der Waals surface area contributed by atoms with Crippen LogP contribution in [0.25, 0.3) is 22.5 Å². The van der Waals surface area contributed by atoms with Gasteiger partial charge in [-0.15, -0.1) is 10.2 Å². The number of hydrogen-bond donors (Lipinski definition) is 2. The van der Waals surface area contributed by atoms with E-state index < -0.39 is 0 Å². The first-order valence-electron chi connectivity index (χ1n) is 10.5. The molecular weight excluding hydrogens is 397 g/mol. The predicted molar refractivity (Wildman–Crippen MR) is 113 cm³/mol. The molecule has 0 unspecified atom stereocenters. The van der Waals surface area contributed by atoms with Crippen molar-refractivity contribution >= 4 is 16.8 Å². The SMILES string of the molecule is O=C(NCC1CCC(c2nnc(-c3ccccn3)o2)CC1)c1cc2cc(F)ccc2[nH]1. The highest BCUT2D eigenvalue weighted by molar-refractivity contribution is 5.98. The third-order valence-electron chi connectivity index (χ3n) is 5.90. The average molecular weight is 419 g/mol. The summed E-state index contributed by atoms with van der Waals surface area (Å²) in [6.45, 7) is 0.609. The summed E-state index contributed by atoms with van der Waals surface area (Å²) >= 11 is 0. The van der Waals surface area contributed by atoms with Gasteiger partial charge in [-0.05, 0) is 68.0 Å². The van der Waals surface area contributed by atoms with Gasteiger partial charge in [-0.3, -0.25) is 9.78 Å². The maximum absolute atomic E-state index is 13.3. The van der Waals surface area contributed by atoms with E-state index in [0.29, 0.717) is 41.0 Å². The van der Waals surface area contributed by atoms with Crippen LogP contribution in [0.4, 0.5) is 4.39 Å². The molecule has 0 bridgehead atoms. The lowest BCUT2D eigenvalue weighted by Crippen LogP contribution is -2.31. The van der Waals surface area contributed by atoms with Crippen LogP contribution < -0.4 is 5.32 Å². The van der Waals surface area contributed by atoms with Crippen molar-refractivity contribution in [2.75, 3.05) is 6.54 Å². The van der Waals surface area contributed by atoms with Crippen LogP contribution in [0, 0.1) is 11.7 Å². The van der Waals surface area contributed by atoms with Gasteiger partial charge in [0, 0.05) is 29.6 Å². The summed E-state index contributed by atoms with van der Waals surface area (Å²) in [6, 6.07) is 11.7. The molecule has 0 atom stereocenters. The van der Waals surface area contributed by atoms with Crippen LogP contribution in [0.3, 0.4) is 0 Å². The molecule has 1 aliphatic carbocycles. The average Bonchev–Trinajstić information content (AvgIpc) is 3.46. The number of nitrogens with zero attached hydrogens (tertiary/aromatic N) is 3. The summed E-state index contributed by atoms with van der Waals surface area (Å²) < 4.78 is 19.2. The summed E-state index contributed by atoms with van der Waals surface area (Å²) in [6.07, 6.45) is 5.53. The van der Waals surface area contributed by atoms with E-state index in [9.17, 15) is 9.18 Å². The Hall–Kier alpha value is -3.55. The first kappa shape index (κ1) is 19.4. The minimum absolute atomic E-state index is 0.171. The third kappa shape index (κ3) is 4.19. The molecule has 0 saturated heterocycles. The Labute approximate surface area is 178 Å². The van der Waals surface area contributed by atoms with Gasteiger partial charge in [0.25, 0.3) is 11.8 Å². The molecule has 0 spiro atoms. The Morgan fingerprint density at radius 1 is 1.13 bits per heavy atom. The fourth-order valence-electron chi connectivity index (χ4n) is 4.16. The van der Waals surface area contributed by atoms with E-state index in [0.717, 1.165) is 31.2 Å². The second-order valence-electron chi connectivity index (χ2n) is 8.00. The molecule has 3 aromatic heterocycles. The van der Waals surface area contributed by atoms with Gasteiger partial charge in [0.15, 0.2) is 0 Å². The fourth-order valence-corrected chi connectivity index (χ4v) is 4.16. The number of aromatic amines is 1. The summed E-state index contributed by atoms with van der Waals surface area (Å²) in [5, 5.41) is 12.0. The molecule has 7 nitrogen and oxygen atoms in total. The zero-order valence-electron chi connectivity index (χ0n) is 16.8. The minimum atomic E-state index is -0.316. The summed E-state index contributed by atoms with van der Waals surface area (Å²) in [5.41, 5.74) is 1.87. The van der Waals surface area contributed by atoms with Crippen LogP contribution in [-0.4, -0.2) is 32.6 Å². The maximum Gasteiger partial charge on any atom is 0.267 e. The van der Waals surface area contributed by atoms with Crippen LogP contribution >= 0.6 is 0 Å². The van der Waals surface area contributed by atoms with Crippen molar-refractivity contribution in [1.29, 1.82) is 0 Å². The van der Waals surface area contributed by atoms with Crippen LogP contribution in [0.2, 0.25) is 0 Å². The quantitative estimate of drug-likeness (QED) is 0.498. The van der Waals surface area contributed by atoms with E-state index in [-0.39, 0.29) is 17.6 Å². The van der Waals surface area contributed by atoms with Crippen LogP contribution in [0.5, 0.6) is 0 Å². The van der Waals surface area contributed by atoms with Gasteiger partial charge >= 0.3 is 0 Å². The van der Waals surface area contributed by atoms with Gasteiger partial charge in [0.05, 0.1) is 0 Å². The molecular formula is C23H22FN5O2. The molecule has 8 heteroatoms. The van der Waals surface area contributed by atoms with Gasteiger partial charge in [-0.1, -0.05) is 6.07 Å². The van der Waals surface area contributed by atoms with E-state index >= 15 is 0 Å². The van der Waals surface area contributed by atoms with E-state index in [1.807, 2.05) is 18.2 Å². The van der Waals surface area contributed by atoms with Crippen molar-refractivity contribution in [2.24, 2.45) is 5.92 Å². The van der Waals surface area contributed by atoms with E-state index in [4.69, 9.17) is 4.42 Å². The van der Waals surface area contributed by atoms with Gasteiger partial charge in [0.1, 0.15) is 17.2 Å². The molecule has 158 valence electrons. The molecule has 1 saturated carbocycles. The van der Waals surface area contributed by atoms with Crippen LogP contribution in [0.1, 0.15) is 48.0 Å². The van der Waals surface area contributed by atoms with Gasteiger partial charge in [0.2, 0.25) is 5.89 Å². The lowest BCUT2D eigenvalue weighted by atomic mass is 9.82. The smallest absolute Gasteiger partial charge is 0.267 e. The molecule has 1 amide bonds. The molecule has 1 aromatic carbocycles. The molecule has 5 rings (SSSR count). The Morgan fingerprint density at radius 3 is 2.81 bits per heavy atom. The minimum Gasteiger partial charge on any atom is -0.419 e. The third-order valence-corrected chi connectivity index (χ3v) is 5.90. The lowest BCUT2D eigenvalue weighted by Gasteiger charge is -2.26. The van der Waals surface area contributed by atoms with Crippen molar-refractivity contribution < 1.29 is 13.6 Å². The van der Waals surface area contributed by atoms with Gasteiger partial charge in [-0.2, -0.15) is 0 Å². The number of carbonyl (C=O) groups excluding carboxylic acids is 1. The highest BCUT2D eigenvalue weighted by atomic mass is 19.1. The molecule has 3 heterocycles. The number of aromatic nitrogens is 4. The second kappa shape index (κ2) is 8.29. The van der Waals surface area contributed by atoms with Gasteiger partial charge < -0.3 is 14.7 Å². The van der Waals surface area contributed by atoms with Crippen molar-refractivity contribution in [1.82, 2.24) is 25.5 Å². The zero-order valence-corrected chi connectivity index (χ0v) is 16.8. The number of pyridine rings is 1. The van der Waals surface area contributed by atoms with Crippen molar-refractivity contribution in [2.45, 2.75) is 31.6 Å². The number of rotatable bonds is 5. The Bertz CT molecular complexity index is 1200. The number of H-pyrrole nitrogens is 1. The summed E-state index contributed by atoms with van der Waals surface area (Å²) in [5.74, 6) is 1.26. The largest absolute Gasteiger partial charge is 0.419 e. The molecule has 0 radical (unpaired) electrons. The predicted octanol–water partition coefficient (Wildman–Crippen LogP) is 4.46.